The Balaban J connectivity index is 0.00000176. The molecule has 1 saturated carbocycles. The molecule has 2 heterocycles. The molecule has 0 unspecified atom stereocenters. The molecule has 1 aliphatic carbocycles. The molecular formula is C14H20ClFN6. The van der Waals surface area contributed by atoms with E-state index in [9.17, 15) is 4.39 Å². The lowest BCUT2D eigenvalue weighted by Gasteiger charge is -2.12. The third-order valence-electron chi connectivity index (χ3n) is 3.74. The minimum Gasteiger partial charge on any atom is -0.367 e. The van der Waals surface area contributed by atoms with Crippen molar-refractivity contribution in [2.45, 2.75) is 25.7 Å². The highest BCUT2D eigenvalue weighted by molar-refractivity contribution is 5.85. The summed E-state index contributed by atoms with van der Waals surface area (Å²) in [6, 6.07) is 0. The van der Waals surface area contributed by atoms with Gasteiger partial charge >= 0.3 is 0 Å². The first-order chi connectivity index (χ1) is 10.2. The van der Waals surface area contributed by atoms with E-state index >= 15 is 0 Å². The maximum atomic E-state index is 13.8. The summed E-state index contributed by atoms with van der Waals surface area (Å²) in [5.74, 6) is 0.806. The molecule has 0 radical (unpaired) electrons. The summed E-state index contributed by atoms with van der Waals surface area (Å²) in [6.45, 7) is 0.764. The number of nitrogens with zero attached hydrogens (tertiary/aromatic N) is 4. The average Bonchev–Trinajstić information content (AvgIpc) is 3.11. The molecule has 8 heteroatoms. The fourth-order valence-corrected chi connectivity index (χ4v) is 2.62. The van der Waals surface area contributed by atoms with Crippen molar-refractivity contribution >= 4 is 29.9 Å². The van der Waals surface area contributed by atoms with Gasteiger partial charge in [0.1, 0.15) is 0 Å². The van der Waals surface area contributed by atoms with Gasteiger partial charge in [0.15, 0.2) is 11.6 Å². The Bertz CT molecular complexity index is 611. The highest BCUT2D eigenvalue weighted by Crippen LogP contribution is 2.25. The van der Waals surface area contributed by atoms with E-state index in [0.29, 0.717) is 11.9 Å². The Morgan fingerprint density at radius 3 is 2.77 bits per heavy atom. The van der Waals surface area contributed by atoms with Crippen LogP contribution in [0, 0.1) is 11.7 Å². The van der Waals surface area contributed by atoms with Crippen LogP contribution in [0.3, 0.4) is 0 Å². The van der Waals surface area contributed by atoms with E-state index in [1.165, 1.54) is 31.9 Å². The lowest BCUT2D eigenvalue weighted by molar-refractivity contribution is 0.570. The van der Waals surface area contributed by atoms with E-state index in [4.69, 9.17) is 0 Å². The molecule has 0 atom stereocenters. The van der Waals surface area contributed by atoms with Crippen molar-refractivity contribution in [1.29, 1.82) is 0 Å². The van der Waals surface area contributed by atoms with Crippen molar-refractivity contribution in [3.05, 3.63) is 24.4 Å². The average molecular weight is 327 g/mol. The Labute approximate surface area is 135 Å². The molecule has 120 valence electrons. The molecule has 3 rings (SSSR count). The van der Waals surface area contributed by atoms with Crippen molar-refractivity contribution in [3.63, 3.8) is 0 Å². The van der Waals surface area contributed by atoms with Gasteiger partial charge in [-0.3, -0.25) is 4.68 Å². The van der Waals surface area contributed by atoms with Crippen LogP contribution in [0.25, 0.3) is 0 Å². The molecule has 22 heavy (non-hydrogen) atoms. The summed E-state index contributed by atoms with van der Waals surface area (Å²) < 4.78 is 15.4. The number of anilines is 3. The number of hydrogen-bond acceptors (Lipinski definition) is 5. The molecule has 0 saturated heterocycles. The zero-order valence-corrected chi connectivity index (χ0v) is 13.2. The lowest BCUT2D eigenvalue weighted by Crippen LogP contribution is -2.14. The van der Waals surface area contributed by atoms with Gasteiger partial charge in [-0.15, -0.1) is 12.4 Å². The van der Waals surface area contributed by atoms with Gasteiger partial charge in [0.2, 0.25) is 5.95 Å². The molecular weight excluding hydrogens is 307 g/mol. The standard InChI is InChI=1S/C14H19FN6.ClH/c1-21-9-11(7-18-21)19-14-17-8-12(15)13(20-14)16-6-10-4-2-3-5-10;/h7-10H,2-6H2,1H3,(H2,16,17,19,20);1H. The van der Waals surface area contributed by atoms with E-state index in [1.807, 2.05) is 7.05 Å². The van der Waals surface area contributed by atoms with Crippen LogP contribution in [-0.2, 0) is 7.05 Å². The number of halogens is 2. The van der Waals surface area contributed by atoms with Gasteiger partial charge in [0, 0.05) is 19.8 Å². The fraction of sp³-hybridized carbons (Fsp3) is 0.500. The highest BCUT2D eigenvalue weighted by Gasteiger charge is 2.16. The van der Waals surface area contributed by atoms with Gasteiger partial charge in [-0.25, -0.2) is 9.37 Å². The minimum atomic E-state index is -0.426. The number of aromatic nitrogens is 4. The second kappa shape index (κ2) is 7.40. The van der Waals surface area contributed by atoms with Crippen LogP contribution >= 0.6 is 12.4 Å². The predicted octanol–water partition coefficient (Wildman–Crippen LogP) is 3.12. The molecule has 1 fully saturated rings. The van der Waals surface area contributed by atoms with E-state index in [-0.39, 0.29) is 18.2 Å². The van der Waals surface area contributed by atoms with Crippen molar-refractivity contribution in [2.24, 2.45) is 13.0 Å². The van der Waals surface area contributed by atoms with Crippen LogP contribution in [-0.4, -0.2) is 26.3 Å². The molecule has 0 bridgehead atoms. The summed E-state index contributed by atoms with van der Waals surface area (Å²) in [7, 11) is 1.82. The van der Waals surface area contributed by atoms with Gasteiger partial charge in [-0.1, -0.05) is 12.8 Å². The number of hydrogen-bond donors (Lipinski definition) is 2. The van der Waals surface area contributed by atoms with Crippen LogP contribution < -0.4 is 10.6 Å². The topological polar surface area (TPSA) is 67.7 Å². The van der Waals surface area contributed by atoms with E-state index in [2.05, 4.69) is 25.7 Å². The second-order valence-electron chi connectivity index (χ2n) is 5.45. The zero-order valence-electron chi connectivity index (χ0n) is 12.4. The SMILES string of the molecule is Cl.Cn1cc(Nc2ncc(F)c(NCC3CCCC3)n2)cn1. The molecule has 0 aliphatic heterocycles. The van der Waals surface area contributed by atoms with Crippen LogP contribution in [0.1, 0.15) is 25.7 Å². The number of nitrogens with one attached hydrogen (secondary N) is 2. The van der Waals surface area contributed by atoms with Crippen LogP contribution in [0.2, 0.25) is 0 Å². The second-order valence-corrected chi connectivity index (χ2v) is 5.45. The maximum Gasteiger partial charge on any atom is 0.229 e. The molecule has 6 nitrogen and oxygen atoms in total. The molecule has 0 spiro atoms. The summed E-state index contributed by atoms with van der Waals surface area (Å²) in [5, 5.41) is 10.2. The first kappa shape index (κ1) is 16.5. The van der Waals surface area contributed by atoms with Gasteiger partial charge in [0.05, 0.1) is 18.1 Å². The van der Waals surface area contributed by atoms with Gasteiger partial charge < -0.3 is 10.6 Å². The molecule has 2 aromatic rings. The van der Waals surface area contributed by atoms with Crippen molar-refractivity contribution < 1.29 is 4.39 Å². The Morgan fingerprint density at radius 2 is 2.09 bits per heavy atom. The predicted molar refractivity (Wildman–Crippen MR) is 86.2 cm³/mol. The van der Waals surface area contributed by atoms with E-state index in [0.717, 1.165) is 12.2 Å². The molecule has 1 aliphatic rings. The molecule has 0 amide bonds. The number of aryl methyl sites for hydroxylation is 1. The third kappa shape index (κ3) is 4.07. The maximum absolute atomic E-state index is 13.8. The molecule has 2 aromatic heterocycles. The Morgan fingerprint density at radius 1 is 1.32 bits per heavy atom. The number of rotatable bonds is 5. The monoisotopic (exact) mass is 326 g/mol. The smallest absolute Gasteiger partial charge is 0.229 e. The first-order valence-corrected chi connectivity index (χ1v) is 7.23. The van der Waals surface area contributed by atoms with Crippen LogP contribution in [0.15, 0.2) is 18.6 Å². The van der Waals surface area contributed by atoms with Crippen molar-refractivity contribution in [1.82, 2.24) is 19.7 Å². The van der Waals surface area contributed by atoms with E-state index < -0.39 is 5.82 Å². The van der Waals surface area contributed by atoms with Gasteiger partial charge in [0.25, 0.3) is 0 Å². The normalized spacial score (nSPS) is 14.6. The minimum absolute atomic E-state index is 0. The highest BCUT2D eigenvalue weighted by atomic mass is 35.5. The Kier molecular flexibility index (Phi) is 5.54. The fourth-order valence-electron chi connectivity index (χ4n) is 2.62. The summed E-state index contributed by atoms with van der Waals surface area (Å²) >= 11 is 0. The van der Waals surface area contributed by atoms with Crippen LogP contribution in [0.4, 0.5) is 21.8 Å². The van der Waals surface area contributed by atoms with Crippen molar-refractivity contribution in [3.8, 4) is 0 Å². The zero-order chi connectivity index (χ0) is 14.7. The van der Waals surface area contributed by atoms with Crippen molar-refractivity contribution in [2.75, 3.05) is 17.2 Å². The van der Waals surface area contributed by atoms with Crippen LogP contribution in [0.5, 0.6) is 0 Å². The van der Waals surface area contributed by atoms with Gasteiger partial charge in [-0.05, 0) is 18.8 Å². The van der Waals surface area contributed by atoms with Gasteiger partial charge in [-0.2, -0.15) is 10.1 Å². The molecule has 0 aromatic carbocycles. The lowest BCUT2D eigenvalue weighted by atomic mass is 10.1. The largest absolute Gasteiger partial charge is 0.367 e. The first-order valence-electron chi connectivity index (χ1n) is 7.23. The van der Waals surface area contributed by atoms with E-state index in [1.54, 1.807) is 17.1 Å². The summed E-state index contributed by atoms with van der Waals surface area (Å²) in [4.78, 5) is 8.14. The Hall–Kier alpha value is -1.89. The summed E-state index contributed by atoms with van der Waals surface area (Å²) in [6.07, 6.45) is 9.61. The third-order valence-corrected chi connectivity index (χ3v) is 3.74. The molecule has 2 N–H and O–H groups in total. The quantitative estimate of drug-likeness (QED) is 0.883. The summed E-state index contributed by atoms with van der Waals surface area (Å²) in [5.41, 5.74) is 0.769.